The highest BCUT2D eigenvalue weighted by atomic mass is 16.3. The molecule has 0 aliphatic carbocycles. The zero-order valence-electron chi connectivity index (χ0n) is 12.8. The van der Waals surface area contributed by atoms with Crippen LogP contribution in [0.25, 0.3) is 11.0 Å². The summed E-state index contributed by atoms with van der Waals surface area (Å²) in [5.74, 6) is 1.04. The molecule has 1 aromatic carbocycles. The lowest BCUT2D eigenvalue weighted by molar-refractivity contribution is 0.443. The molecule has 0 saturated carbocycles. The van der Waals surface area contributed by atoms with Crippen molar-refractivity contribution in [3.05, 3.63) is 36.1 Å². The highest BCUT2D eigenvalue weighted by molar-refractivity contribution is 5.77. The van der Waals surface area contributed by atoms with Gasteiger partial charge in [-0.1, -0.05) is 57.2 Å². The molecule has 2 rings (SSSR count). The lowest BCUT2D eigenvalue weighted by atomic mass is 10.1. The van der Waals surface area contributed by atoms with E-state index in [1.54, 1.807) is 0 Å². The molecule has 2 aromatic rings. The summed E-state index contributed by atoms with van der Waals surface area (Å²) in [5, 5.41) is 4.75. The Bertz CT molecular complexity index is 470. The number of hydrogen-bond donors (Lipinski definition) is 1. The minimum atomic E-state index is 0.290. The fourth-order valence-corrected chi connectivity index (χ4v) is 2.54. The van der Waals surface area contributed by atoms with Gasteiger partial charge < -0.3 is 9.73 Å². The van der Waals surface area contributed by atoms with E-state index in [0.717, 1.165) is 17.9 Å². The Kier molecular flexibility index (Phi) is 6.13. The van der Waals surface area contributed by atoms with Gasteiger partial charge in [0.25, 0.3) is 0 Å². The number of unbranched alkanes of at least 4 members (excludes halogenated alkanes) is 5. The molecule has 0 amide bonds. The Balaban J connectivity index is 1.70. The summed E-state index contributed by atoms with van der Waals surface area (Å²) in [6, 6.07) is 10.6. The second-order valence-electron chi connectivity index (χ2n) is 5.63. The molecule has 1 N–H and O–H groups in total. The molecule has 1 unspecified atom stereocenters. The van der Waals surface area contributed by atoms with Crippen LogP contribution in [0.15, 0.2) is 34.7 Å². The summed E-state index contributed by atoms with van der Waals surface area (Å²) < 4.78 is 5.88. The summed E-state index contributed by atoms with van der Waals surface area (Å²) in [5.41, 5.74) is 0.982. The van der Waals surface area contributed by atoms with Crippen molar-refractivity contribution in [2.45, 2.75) is 58.4 Å². The highest BCUT2D eigenvalue weighted by Crippen LogP contribution is 2.23. The second-order valence-corrected chi connectivity index (χ2v) is 5.63. The van der Waals surface area contributed by atoms with Crippen molar-refractivity contribution in [3.8, 4) is 0 Å². The number of benzene rings is 1. The van der Waals surface area contributed by atoms with Gasteiger partial charge in [-0.25, -0.2) is 0 Å². The maximum absolute atomic E-state index is 5.88. The van der Waals surface area contributed by atoms with Gasteiger partial charge in [0, 0.05) is 5.39 Å². The standard InChI is InChI=1S/C18H27NO/c1-3-4-5-6-7-10-13-19-15(2)18-14-16-11-8-9-12-17(16)20-18/h8-9,11-12,14-15,19H,3-7,10,13H2,1-2H3. The van der Waals surface area contributed by atoms with E-state index >= 15 is 0 Å². The van der Waals surface area contributed by atoms with Gasteiger partial charge in [0.2, 0.25) is 0 Å². The van der Waals surface area contributed by atoms with Crippen molar-refractivity contribution in [1.29, 1.82) is 0 Å². The highest BCUT2D eigenvalue weighted by Gasteiger charge is 2.10. The van der Waals surface area contributed by atoms with Crippen molar-refractivity contribution < 1.29 is 4.42 Å². The van der Waals surface area contributed by atoms with Crippen LogP contribution in [0, 0.1) is 0 Å². The molecule has 1 atom stereocenters. The van der Waals surface area contributed by atoms with Gasteiger partial charge in [0.1, 0.15) is 11.3 Å². The Morgan fingerprint density at radius 2 is 1.80 bits per heavy atom. The van der Waals surface area contributed by atoms with Crippen LogP contribution in [0.1, 0.15) is 64.2 Å². The molecule has 0 saturated heterocycles. The molecule has 20 heavy (non-hydrogen) atoms. The first-order valence-electron chi connectivity index (χ1n) is 8.03. The van der Waals surface area contributed by atoms with Gasteiger partial charge in [-0.2, -0.15) is 0 Å². The molecular weight excluding hydrogens is 246 g/mol. The van der Waals surface area contributed by atoms with Gasteiger partial charge in [-0.3, -0.25) is 0 Å². The largest absolute Gasteiger partial charge is 0.459 e. The van der Waals surface area contributed by atoms with Crippen molar-refractivity contribution in [1.82, 2.24) is 5.32 Å². The van der Waals surface area contributed by atoms with Crippen LogP contribution in [-0.4, -0.2) is 6.54 Å². The molecule has 0 spiro atoms. The predicted octanol–water partition coefficient (Wildman–Crippen LogP) is 5.44. The van der Waals surface area contributed by atoms with Crippen LogP contribution in [-0.2, 0) is 0 Å². The van der Waals surface area contributed by atoms with E-state index in [-0.39, 0.29) is 6.04 Å². The van der Waals surface area contributed by atoms with Crippen LogP contribution in [0.5, 0.6) is 0 Å². The van der Waals surface area contributed by atoms with Crippen molar-refractivity contribution in [2.24, 2.45) is 0 Å². The van der Waals surface area contributed by atoms with Crippen LogP contribution in [0.3, 0.4) is 0 Å². The maximum atomic E-state index is 5.88. The van der Waals surface area contributed by atoms with Gasteiger partial charge >= 0.3 is 0 Å². The monoisotopic (exact) mass is 273 g/mol. The summed E-state index contributed by atoms with van der Waals surface area (Å²) in [4.78, 5) is 0. The Labute approximate surface area is 122 Å². The summed E-state index contributed by atoms with van der Waals surface area (Å²) in [6.07, 6.45) is 8.04. The normalized spacial score (nSPS) is 12.9. The minimum Gasteiger partial charge on any atom is -0.459 e. The summed E-state index contributed by atoms with van der Waals surface area (Å²) in [7, 11) is 0. The zero-order valence-corrected chi connectivity index (χ0v) is 12.8. The van der Waals surface area contributed by atoms with Crippen LogP contribution in [0.2, 0.25) is 0 Å². The molecule has 2 nitrogen and oxygen atoms in total. The maximum Gasteiger partial charge on any atom is 0.134 e. The first kappa shape index (κ1) is 15.1. The molecule has 2 heteroatoms. The van der Waals surface area contributed by atoms with E-state index in [0.29, 0.717) is 0 Å². The topological polar surface area (TPSA) is 25.2 Å². The molecule has 0 fully saturated rings. The molecule has 0 aliphatic rings. The smallest absolute Gasteiger partial charge is 0.134 e. The van der Waals surface area contributed by atoms with E-state index in [9.17, 15) is 0 Å². The summed E-state index contributed by atoms with van der Waals surface area (Å²) >= 11 is 0. The van der Waals surface area contributed by atoms with Crippen LogP contribution >= 0.6 is 0 Å². The van der Waals surface area contributed by atoms with Gasteiger partial charge in [0.15, 0.2) is 0 Å². The fourth-order valence-electron chi connectivity index (χ4n) is 2.54. The van der Waals surface area contributed by atoms with Crippen LogP contribution in [0.4, 0.5) is 0 Å². The first-order valence-corrected chi connectivity index (χ1v) is 8.03. The number of fused-ring (bicyclic) bond motifs is 1. The van der Waals surface area contributed by atoms with Gasteiger partial charge in [-0.05, 0) is 32.0 Å². The Morgan fingerprint density at radius 1 is 1.05 bits per heavy atom. The van der Waals surface area contributed by atoms with Crippen LogP contribution < -0.4 is 5.32 Å². The second kappa shape index (κ2) is 8.11. The van der Waals surface area contributed by atoms with E-state index in [4.69, 9.17) is 4.42 Å². The SMILES string of the molecule is CCCCCCCCNC(C)c1cc2ccccc2o1. The third kappa shape index (κ3) is 4.38. The lowest BCUT2D eigenvalue weighted by Gasteiger charge is -2.10. The minimum absolute atomic E-state index is 0.290. The predicted molar refractivity (Wildman–Crippen MR) is 86.0 cm³/mol. The third-order valence-corrected chi connectivity index (χ3v) is 3.85. The first-order chi connectivity index (χ1) is 9.81. The fraction of sp³-hybridized carbons (Fsp3) is 0.556. The van der Waals surface area contributed by atoms with E-state index in [1.807, 2.05) is 12.1 Å². The van der Waals surface area contributed by atoms with Crippen molar-refractivity contribution >= 4 is 11.0 Å². The number of hydrogen-bond acceptors (Lipinski definition) is 2. The number of furan rings is 1. The molecular formula is C18H27NO. The number of para-hydroxylation sites is 1. The number of nitrogens with one attached hydrogen (secondary N) is 1. The van der Waals surface area contributed by atoms with Crippen molar-refractivity contribution in [3.63, 3.8) is 0 Å². The molecule has 0 radical (unpaired) electrons. The van der Waals surface area contributed by atoms with Crippen molar-refractivity contribution in [2.75, 3.05) is 6.54 Å². The lowest BCUT2D eigenvalue weighted by Crippen LogP contribution is -2.19. The average Bonchev–Trinajstić information content (AvgIpc) is 2.90. The third-order valence-electron chi connectivity index (χ3n) is 3.85. The van der Waals surface area contributed by atoms with E-state index < -0.39 is 0 Å². The quantitative estimate of drug-likeness (QED) is 0.615. The summed E-state index contributed by atoms with van der Waals surface area (Å²) in [6.45, 7) is 5.51. The Hall–Kier alpha value is -1.28. The molecule has 110 valence electrons. The van der Waals surface area contributed by atoms with Gasteiger partial charge in [-0.15, -0.1) is 0 Å². The molecule has 1 heterocycles. The van der Waals surface area contributed by atoms with Gasteiger partial charge in [0.05, 0.1) is 6.04 Å². The Morgan fingerprint density at radius 3 is 2.60 bits per heavy atom. The molecule has 0 bridgehead atoms. The number of rotatable bonds is 9. The van der Waals surface area contributed by atoms with E-state index in [1.165, 1.54) is 43.9 Å². The zero-order chi connectivity index (χ0) is 14.2. The van der Waals surface area contributed by atoms with E-state index in [2.05, 4.69) is 37.4 Å². The molecule has 0 aliphatic heterocycles. The molecule has 1 aromatic heterocycles. The average molecular weight is 273 g/mol.